The average molecular weight is 552 g/mol. The Hall–Kier alpha value is -3.85. The van der Waals surface area contributed by atoms with Crippen LogP contribution in [0.2, 0.25) is 0 Å². The second-order valence-electron chi connectivity index (χ2n) is 10.3. The topological polar surface area (TPSA) is 61.9 Å². The van der Waals surface area contributed by atoms with E-state index in [-0.39, 0.29) is 18.2 Å². The molecule has 2 aliphatic rings. The average Bonchev–Trinajstić information content (AvgIpc) is 2.97. The molecule has 0 bridgehead atoms. The minimum absolute atomic E-state index is 0.0485. The third-order valence-corrected chi connectivity index (χ3v) is 7.54. The summed E-state index contributed by atoms with van der Waals surface area (Å²) in [5.74, 6) is -0.0254. The number of nitrogens with one attached hydrogen (secondary N) is 1. The van der Waals surface area contributed by atoms with E-state index in [0.717, 1.165) is 49.3 Å². The number of rotatable bonds is 6. The van der Waals surface area contributed by atoms with E-state index in [9.17, 15) is 22.8 Å². The molecule has 0 aliphatic carbocycles. The Kier molecular flexibility index (Phi) is 8.40. The SMILES string of the molecule is O=C(Cc1cccc(C(F)(F)F)c1)Nc1ccc(C2CCN(C(=O)c3cccc(N4CCOCC4)c3)CC2)cc1. The number of anilines is 2. The molecule has 2 fully saturated rings. The maximum absolute atomic E-state index is 13.2. The van der Waals surface area contributed by atoms with E-state index in [2.05, 4.69) is 10.2 Å². The molecule has 3 aromatic rings. The molecule has 9 heteroatoms. The van der Waals surface area contributed by atoms with Gasteiger partial charge in [-0.15, -0.1) is 0 Å². The molecule has 0 aromatic heterocycles. The van der Waals surface area contributed by atoms with E-state index in [1.54, 1.807) is 0 Å². The number of piperidine rings is 1. The van der Waals surface area contributed by atoms with Gasteiger partial charge in [0, 0.05) is 43.1 Å². The molecule has 0 unspecified atom stereocenters. The fourth-order valence-corrected chi connectivity index (χ4v) is 5.34. The van der Waals surface area contributed by atoms with Crippen LogP contribution in [0.5, 0.6) is 0 Å². The maximum atomic E-state index is 13.2. The minimum atomic E-state index is -4.44. The lowest BCUT2D eigenvalue weighted by atomic mass is 9.89. The largest absolute Gasteiger partial charge is 0.416 e. The van der Waals surface area contributed by atoms with Crippen LogP contribution in [0.15, 0.2) is 72.8 Å². The van der Waals surface area contributed by atoms with Gasteiger partial charge in [0.2, 0.25) is 5.91 Å². The van der Waals surface area contributed by atoms with Gasteiger partial charge in [-0.25, -0.2) is 0 Å². The second-order valence-corrected chi connectivity index (χ2v) is 10.3. The number of hydrogen-bond donors (Lipinski definition) is 1. The lowest BCUT2D eigenvalue weighted by Gasteiger charge is -2.33. The van der Waals surface area contributed by atoms with Crippen molar-refractivity contribution in [1.82, 2.24) is 4.90 Å². The molecular weight excluding hydrogens is 519 g/mol. The molecule has 40 heavy (non-hydrogen) atoms. The highest BCUT2D eigenvalue weighted by molar-refractivity contribution is 5.95. The zero-order valence-corrected chi connectivity index (χ0v) is 22.1. The number of ether oxygens (including phenoxy) is 1. The minimum Gasteiger partial charge on any atom is -0.378 e. The molecule has 5 rings (SSSR count). The van der Waals surface area contributed by atoms with Gasteiger partial charge in [-0.2, -0.15) is 13.2 Å². The Morgan fingerprint density at radius 2 is 1.57 bits per heavy atom. The maximum Gasteiger partial charge on any atom is 0.416 e. The van der Waals surface area contributed by atoms with Crippen LogP contribution in [0.3, 0.4) is 0 Å². The Bertz CT molecular complexity index is 1330. The lowest BCUT2D eigenvalue weighted by Crippen LogP contribution is -2.38. The van der Waals surface area contributed by atoms with Crippen LogP contribution in [-0.4, -0.2) is 56.1 Å². The Labute approximate surface area is 231 Å². The monoisotopic (exact) mass is 551 g/mol. The summed E-state index contributed by atoms with van der Waals surface area (Å²) in [7, 11) is 0. The van der Waals surface area contributed by atoms with Crippen LogP contribution < -0.4 is 10.2 Å². The van der Waals surface area contributed by atoms with Crippen LogP contribution in [0, 0.1) is 0 Å². The molecule has 2 amide bonds. The third kappa shape index (κ3) is 6.83. The van der Waals surface area contributed by atoms with E-state index < -0.39 is 11.7 Å². The smallest absolute Gasteiger partial charge is 0.378 e. The van der Waals surface area contributed by atoms with Crippen molar-refractivity contribution in [2.75, 3.05) is 49.6 Å². The highest BCUT2D eigenvalue weighted by Gasteiger charge is 2.30. The highest BCUT2D eigenvalue weighted by atomic mass is 19.4. The molecular formula is C31H32F3N3O3. The van der Waals surface area contributed by atoms with Crippen molar-refractivity contribution < 1.29 is 27.5 Å². The first-order chi connectivity index (χ1) is 19.3. The molecule has 2 aliphatic heterocycles. The molecule has 0 spiro atoms. The summed E-state index contributed by atoms with van der Waals surface area (Å²) in [5, 5.41) is 2.76. The Morgan fingerprint density at radius 3 is 2.27 bits per heavy atom. The lowest BCUT2D eigenvalue weighted by molar-refractivity contribution is -0.137. The van der Waals surface area contributed by atoms with Crippen molar-refractivity contribution in [3.8, 4) is 0 Å². The number of benzene rings is 3. The van der Waals surface area contributed by atoms with Gasteiger partial charge in [0.15, 0.2) is 0 Å². The van der Waals surface area contributed by atoms with E-state index in [1.165, 1.54) is 12.1 Å². The number of alkyl halides is 3. The summed E-state index contributed by atoms with van der Waals surface area (Å²) in [6, 6.07) is 20.2. The molecule has 2 saturated heterocycles. The van der Waals surface area contributed by atoms with Crippen LogP contribution in [0.25, 0.3) is 0 Å². The van der Waals surface area contributed by atoms with Gasteiger partial charge in [0.05, 0.1) is 25.2 Å². The number of morpholine rings is 1. The number of amides is 2. The molecule has 0 saturated carbocycles. The van der Waals surface area contributed by atoms with Crippen LogP contribution in [-0.2, 0) is 22.1 Å². The van der Waals surface area contributed by atoms with E-state index >= 15 is 0 Å². The van der Waals surface area contributed by atoms with Crippen molar-refractivity contribution in [2.24, 2.45) is 0 Å². The summed E-state index contributed by atoms with van der Waals surface area (Å²) >= 11 is 0. The molecule has 210 valence electrons. The normalized spacial score (nSPS) is 16.6. The van der Waals surface area contributed by atoms with E-state index in [0.29, 0.717) is 49.0 Å². The summed E-state index contributed by atoms with van der Waals surface area (Å²) in [6.45, 7) is 4.36. The molecule has 6 nitrogen and oxygen atoms in total. The van der Waals surface area contributed by atoms with Crippen molar-refractivity contribution in [1.29, 1.82) is 0 Å². The zero-order chi connectivity index (χ0) is 28.1. The fraction of sp³-hybridized carbons (Fsp3) is 0.355. The number of carbonyl (C=O) groups excluding carboxylic acids is 2. The van der Waals surface area contributed by atoms with Gasteiger partial charge < -0.3 is 19.9 Å². The van der Waals surface area contributed by atoms with Gasteiger partial charge in [0.1, 0.15) is 0 Å². The summed E-state index contributed by atoms with van der Waals surface area (Å²) < 4.78 is 44.2. The Morgan fingerprint density at radius 1 is 0.875 bits per heavy atom. The number of halogens is 3. The molecule has 0 atom stereocenters. The van der Waals surface area contributed by atoms with Crippen molar-refractivity contribution in [2.45, 2.75) is 31.4 Å². The number of carbonyl (C=O) groups is 2. The summed E-state index contributed by atoms with van der Waals surface area (Å²) in [4.78, 5) is 29.8. The van der Waals surface area contributed by atoms with Crippen molar-refractivity contribution in [3.05, 3.63) is 95.1 Å². The second kappa shape index (κ2) is 12.1. The van der Waals surface area contributed by atoms with Crippen molar-refractivity contribution in [3.63, 3.8) is 0 Å². The van der Waals surface area contributed by atoms with Crippen molar-refractivity contribution >= 4 is 23.2 Å². The van der Waals surface area contributed by atoms with Gasteiger partial charge in [-0.3, -0.25) is 9.59 Å². The third-order valence-electron chi connectivity index (χ3n) is 7.54. The number of nitrogens with zero attached hydrogens (tertiary/aromatic N) is 2. The molecule has 3 aromatic carbocycles. The predicted molar refractivity (Wildman–Crippen MR) is 148 cm³/mol. The molecule has 1 N–H and O–H groups in total. The van der Waals surface area contributed by atoms with Gasteiger partial charge >= 0.3 is 6.18 Å². The molecule has 0 radical (unpaired) electrons. The van der Waals surface area contributed by atoms with E-state index in [4.69, 9.17) is 4.74 Å². The summed E-state index contributed by atoms with van der Waals surface area (Å²) in [6.07, 6.45) is -2.90. The Balaban J connectivity index is 1.13. The van der Waals surface area contributed by atoms with Crippen LogP contribution >= 0.6 is 0 Å². The van der Waals surface area contributed by atoms with Crippen LogP contribution in [0.4, 0.5) is 24.5 Å². The highest BCUT2D eigenvalue weighted by Crippen LogP contribution is 2.31. The zero-order valence-electron chi connectivity index (χ0n) is 22.1. The fourth-order valence-electron chi connectivity index (χ4n) is 5.34. The van der Waals surface area contributed by atoms with Gasteiger partial charge in [-0.1, -0.05) is 36.4 Å². The quantitative estimate of drug-likeness (QED) is 0.424. The molecule has 2 heterocycles. The summed E-state index contributed by atoms with van der Waals surface area (Å²) in [5.41, 5.74) is 3.01. The number of likely N-dealkylation sites (tertiary alicyclic amines) is 1. The number of hydrogen-bond acceptors (Lipinski definition) is 4. The van der Waals surface area contributed by atoms with Crippen LogP contribution in [0.1, 0.15) is 45.8 Å². The standard InChI is InChI=1S/C31H32F3N3O3/c32-31(33,34)26-5-1-3-22(19-26)20-29(38)35-27-9-7-23(8-10-27)24-11-13-37(14-12-24)30(39)25-4-2-6-28(21-25)36-15-17-40-18-16-36/h1-10,19,21,24H,11-18,20H2,(H,35,38). The predicted octanol–water partition coefficient (Wildman–Crippen LogP) is 5.74. The first-order valence-corrected chi connectivity index (χ1v) is 13.5. The first-order valence-electron chi connectivity index (χ1n) is 13.5. The van der Waals surface area contributed by atoms with E-state index in [1.807, 2.05) is 53.4 Å². The van der Waals surface area contributed by atoms with Gasteiger partial charge in [0.25, 0.3) is 5.91 Å². The van der Waals surface area contributed by atoms with Gasteiger partial charge in [-0.05, 0) is 66.3 Å². The first kappa shape index (κ1) is 27.7.